The Morgan fingerprint density at radius 2 is 1.85 bits per heavy atom. The van der Waals surface area contributed by atoms with E-state index < -0.39 is 9.84 Å². The number of nitrogens with one attached hydrogen (secondary N) is 1. The molecule has 1 saturated carbocycles. The molecule has 1 atom stereocenters. The number of fused-ring (bicyclic) bond motifs is 1. The zero-order valence-electron chi connectivity index (χ0n) is 19.6. The molecule has 9 heteroatoms. The highest BCUT2D eigenvalue weighted by molar-refractivity contribution is 7.91. The number of sulfone groups is 1. The highest BCUT2D eigenvalue weighted by Gasteiger charge is 2.32. The summed E-state index contributed by atoms with van der Waals surface area (Å²) in [5.41, 5.74) is 3.26. The maximum Gasteiger partial charge on any atom is 0.252 e. The number of rotatable bonds is 5. The van der Waals surface area contributed by atoms with Crippen molar-refractivity contribution in [2.24, 2.45) is 0 Å². The number of benzene rings is 1. The van der Waals surface area contributed by atoms with Gasteiger partial charge in [0.2, 0.25) is 0 Å². The number of nitrogens with zero attached hydrogens (tertiary/aromatic N) is 3. The molecule has 1 saturated heterocycles. The summed E-state index contributed by atoms with van der Waals surface area (Å²) < 4.78 is 31.3. The third-order valence-corrected chi connectivity index (χ3v) is 8.71. The fourth-order valence-electron chi connectivity index (χ4n) is 5.13. The van der Waals surface area contributed by atoms with Crippen LogP contribution < -0.4 is 10.1 Å². The number of methoxy groups -OCH3 is 1. The quantitative estimate of drug-likeness (QED) is 0.593. The van der Waals surface area contributed by atoms with Gasteiger partial charge in [-0.15, -0.1) is 0 Å². The van der Waals surface area contributed by atoms with Crippen LogP contribution in [0.2, 0.25) is 0 Å². The van der Waals surface area contributed by atoms with E-state index in [0.717, 1.165) is 37.0 Å². The van der Waals surface area contributed by atoms with Crippen LogP contribution in [0.5, 0.6) is 5.75 Å². The molecule has 5 rings (SSSR count). The molecular formula is C25H30N4O4S. The number of aromatic nitrogens is 3. The number of ether oxygens (including phenoxy) is 1. The second kappa shape index (κ2) is 9.02. The molecule has 0 unspecified atom stereocenters. The third-order valence-electron chi connectivity index (χ3n) is 6.96. The Bertz CT molecular complexity index is 1330. The van der Waals surface area contributed by atoms with Gasteiger partial charge >= 0.3 is 0 Å². The number of hydrogen-bond donors (Lipinski definition) is 1. The molecule has 2 aliphatic rings. The second-order valence-corrected chi connectivity index (χ2v) is 11.6. The lowest BCUT2D eigenvalue weighted by Crippen LogP contribution is -2.36. The summed E-state index contributed by atoms with van der Waals surface area (Å²) in [6.45, 7) is 1.86. The molecule has 1 N–H and O–H groups in total. The van der Waals surface area contributed by atoms with Gasteiger partial charge in [-0.2, -0.15) is 5.10 Å². The van der Waals surface area contributed by atoms with E-state index in [9.17, 15) is 13.2 Å². The molecule has 2 aromatic heterocycles. The number of pyridine rings is 1. The highest BCUT2D eigenvalue weighted by Crippen LogP contribution is 2.32. The molecule has 1 aromatic carbocycles. The van der Waals surface area contributed by atoms with Crippen molar-refractivity contribution >= 4 is 26.8 Å². The topological polar surface area (TPSA) is 103 Å². The van der Waals surface area contributed by atoms with Crippen LogP contribution in [0.1, 0.15) is 60.6 Å². The van der Waals surface area contributed by atoms with Crippen LogP contribution in [0.15, 0.2) is 30.3 Å². The Morgan fingerprint density at radius 1 is 1.12 bits per heavy atom. The van der Waals surface area contributed by atoms with Crippen LogP contribution in [0.3, 0.4) is 0 Å². The number of aryl methyl sites for hydroxylation is 1. The standard InChI is InChI=1S/C25H30N4O4S/c1-16-23-21(25(30)26-18-6-4-3-5-7-18)14-22(17-8-10-20(33-2)11-9-17)27-24(23)29(28-16)19-12-13-34(31,32)15-19/h8-11,14,18-19H,3-7,12-13,15H2,1-2H3,(H,26,30)/t19-/m0/s1. The molecule has 0 radical (unpaired) electrons. The van der Waals surface area contributed by atoms with Crippen molar-refractivity contribution in [1.29, 1.82) is 0 Å². The molecule has 1 aliphatic heterocycles. The fourth-order valence-corrected chi connectivity index (χ4v) is 6.83. The summed E-state index contributed by atoms with van der Waals surface area (Å²) in [4.78, 5) is 18.4. The SMILES string of the molecule is COc1ccc(-c2cc(C(=O)NC3CCCCC3)c3c(C)nn([C@H]4CCS(=O)(=O)C4)c3n2)cc1. The Labute approximate surface area is 199 Å². The zero-order chi connectivity index (χ0) is 23.9. The van der Waals surface area contributed by atoms with Crippen LogP contribution in [-0.2, 0) is 9.84 Å². The highest BCUT2D eigenvalue weighted by atomic mass is 32.2. The zero-order valence-corrected chi connectivity index (χ0v) is 20.4. The van der Waals surface area contributed by atoms with Gasteiger partial charge < -0.3 is 10.1 Å². The van der Waals surface area contributed by atoms with Crippen LogP contribution in [-0.4, -0.2) is 53.7 Å². The maximum absolute atomic E-state index is 13.5. The molecular weight excluding hydrogens is 452 g/mol. The van der Waals surface area contributed by atoms with Crippen molar-refractivity contribution in [1.82, 2.24) is 20.1 Å². The van der Waals surface area contributed by atoms with E-state index in [1.807, 2.05) is 37.3 Å². The molecule has 2 fully saturated rings. The largest absolute Gasteiger partial charge is 0.497 e. The van der Waals surface area contributed by atoms with E-state index in [4.69, 9.17) is 9.72 Å². The number of amides is 1. The molecule has 180 valence electrons. The average Bonchev–Trinajstić information content (AvgIpc) is 3.37. The minimum Gasteiger partial charge on any atom is -0.497 e. The first-order chi connectivity index (χ1) is 16.3. The van der Waals surface area contributed by atoms with E-state index in [1.165, 1.54) is 6.42 Å². The van der Waals surface area contributed by atoms with Crippen molar-refractivity contribution in [3.63, 3.8) is 0 Å². The maximum atomic E-state index is 13.5. The summed E-state index contributed by atoms with van der Waals surface area (Å²) in [5, 5.41) is 8.59. The molecule has 8 nitrogen and oxygen atoms in total. The third kappa shape index (κ3) is 4.41. The van der Waals surface area contributed by atoms with E-state index in [0.29, 0.717) is 34.4 Å². The van der Waals surface area contributed by atoms with Gasteiger partial charge in [0, 0.05) is 11.6 Å². The van der Waals surface area contributed by atoms with Gasteiger partial charge in [0.05, 0.1) is 47.0 Å². The molecule has 34 heavy (non-hydrogen) atoms. The summed E-state index contributed by atoms with van der Waals surface area (Å²) >= 11 is 0. The predicted octanol–water partition coefficient (Wildman–Crippen LogP) is 3.84. The minimum absolute atomic E-state index is 0.0429. The monoisotopic (exact) mass is 482 g/mol. The smallest absolute Gasteiger partial charge is 0.252 e. The van der Waals surface area contributed by atoms with E-state index in [-0.39, 0.29) is 29.5 Å². The Hall–Kier alpha value is -2.94. The van der Waals surface area contributed by atoms with Gasteiger partial charge in [0.25, 0.3) is 5.91 Å². The van der Waals surface area contributed by atoms with Gasteiger partial charge in [-0.1, -0.05) is 19.3 Å². The first-order valence-electron chi connectivity index (χ1n) is 11.9. The Morgan fingerprint density at radius 3 is 2.50 bits per heavy atom. The molecule has 1 aliphatic carbocycles. The van der Waals surface area contributed by atoms with Crippen molar-refractivity contribution < 1.29 is 17.9 Å². The van der Waals surface area contributed by atoms with Crippen molar-refractivity contribution in [2.75, 3.05) is 18.6 Å². The molecule has 1 amide bonds. The average molecular weight is 483 g/mol. The first-order valence-corrected chi connectivity index (χ1v) is 13.7. The van der Waals surface area contributed by atoms with E-state index in [2.05, 4.69) is 10.4 Å². The lowest BCUT2D eigenvalue weighted by molar-refractivity contribution is 0.0929. The number of hydrogen-bond acceptors (Lipinski definition) is 6. The summed E-state index contributed by atoms with van der Waals surface area (Å²) in [5.74, 6) is 0.792. The van der Waals surface area contributed by atoms with Gasteiger partial charge in [-0.05, 0) is 56.5 Å². The van der Waals surface area contributed by atoms with Gasteiger partial charge in [0.15, 0.2) is 15.5 Å². The normalized spacial score (nSPS) is 20.5. The number of carbonyl (C=O) groups excluding carboxylic acids is 1. The van der Waals surface area contributed by atoms with Gasteiger partial charge in [0.1, 0.15) is 5.75 Å². The number of carbonyl (C=O) groups is 1. The summed E-state index contributed by atoms with van der Waals surface area (Å²) in [6.07, 6.45) is 5.94. The molecule has 0 spiro atoms. The van der Waals surface area contributed by atoms with Crippen LogP contribution in [0.25, 0.3) is 22.3 Å². The lowest BCUT2D eigenvalue weighted by Gasteiger charge is -2.23. The Balaban J connectivity index is 1.63. The fraction of sp³-hybridized carbons (Fsp3) is 0.480. The minimum atomic E-state index is -3.10. The van der Waals surface area contributed by atoms with E-state index >= 15 is 0 Å². The Kier molecular flexibility index (Phi) is 6.06. The van der Waals surface area contributed by atoms with Gasteiger partial charge in [-0.25, -0.2) is 18.1 Å². The van der Waals surface area contributed by atoms with Crippen molar-refractivity contribution in [2.45, 2.75) is 57.5 Å². The second-order valence-electron chi connectivity index (χ2n) is 9.38. The van der Waals surface area contributed by atoms with Gasteiger partial charge in [-0.3, -0.25) is 4.79 Å². The molecule has 3 aromatic rings. The van der Waals surface area contributed by atoms with Crippen LogP contribution in [0.4, 0.5) is 0 Å². The molecule has 0 bridgehead atoms. The summed E-state index contributed by atoms with van der Waals surface area (Å²) in [7, 11) is -1.49. The van der Waals surface area contributed by atoms with Crippen molar-refractivity contribution in [3.8, 4) is 17.0 Å². The predicted molar refractivity (Wildman–Crippen MR) is 131 cm³/mol. The lowest BCUT2D eigenvalue weighted by atomic mass is 9.95. The first kappa shape index (κ1) is 22.8. The van der Waals surface area contributed by atoms with Crippen molar-refractivity contribution in [3.05, 3.63) is 41.6 Å². The van der Waals surface area contributed by atoms with E-state index in [1.54, 1.807) is 11.8 Å². The van der Waals surface area contributed by atoms with Crippen LogP contribution in [0, 0.1) is 6.92 Å². The summed E-state index contributed by atoms with van der Waals surface area (Å²) in [6, 6.07) is 9.24. The van der Waals surface area contributed by atoms with Crippen LogP contribution >= 0.6 is 0 Å². The molecule has 3 heterocycles.